The van der Waals surface area contributed by atoms with Crippen molar-refractivity contribution in [3.63, 3.8) is 0 Å². The third-order valence-electron chi connectivity index (χ3n) is 8.56. The Hall–Kier alpha value is -1.67. The van der Waals surface area contributed by atoms with Crippen LogP contribution < -0.4 is 0 Å². The van der Waals surface area contributed by atoms with Crippen molar-refractivity contribution in [3.05, 3.63) is 47.6 Å². The summed E-state index contributed by atoms with van der Waals surface area (Å²) < 4.78 is 0. The second kappa shape index (κ2) is 9.67. The van der Waals surface area contributed by atoms with Crippen LogP contribution >= 0.6 is 0 Å². The van der Waals surface area contributed by atoms with Gasteiger partial charge in [-0.3, -0.25) is 0 Å². The van der Waals surface area contributed by atoms with Gasteiger partial charge in [0.15, 0.2) is 0 Å². The highest BCUT2D eigenvalue weighted by Gasteiger charge is 2.50. The summed E-state index contributed by atoms with van der Waals surface area (Å²) in [5.74, 6) is 1.43. The molecule has 3 aliphatic carbocycles. The first kappa shape index (κ1) is 25.0. The summed E-state index contributed by atoms with van der Waals surface area (Å²) in [7, 11) is 0. The van der Waals surface area contributed by atoms with Crippen LogP contribution in [0.5, 0.6) is 0 Å². The van der Waals surface area contributed by atoms with Gasteiger partial charge in [-0.1, -0.05) is 50.3 Å². The van der Waals surface area contributed by atoms with E-state index in [9.17, 15) is 20.6 Å². The Bertz CT molecular complexity index is 845. The Morgan fingerprint density at radius 1 is 1.22 bits per heavy atom. The van der Waals surface area contributed by atoms with E-state index in [1.165, 1.54) is 31.3 Å². The zero-order valence-corrected chi connectivity index (χ0v) is 20.2. The van der Waals surface area contributed by atoms with Gasteiger partial charge in [0.25, 0.3) is 0 Å². The summed E-state index contributed by atoms with van der Waals surface area (Å²) >= 11 is 0. The number of hydrogen-bond acceptors (Lipinski definition) is 4. The maximum absolute atomic E-state index is 10.4. The van der Waals surface area contributed by atoms with Gasteiger partial charge in [-0.2, -0.15) is 5.26 Å². The summed E-state index contributed by atoms with van der Waals surface area (Å²) in [6.45, 7) is 12.3. The molecule has 4 nitrogen and oxygen atoms in total. The molecule has 0 bridgehead atoms. The van der Waals surface area contributed by atoms with Crippen LogP contribution in [-0.4, -0.2) is 33.6 Å². The predicted octanol–water partition coefficient (Wildman–Crippen LogP) is 5.23. The number of nitriles is 1. The van der Waals surface area contributed by atoms with Crippen LogP contribution in [0.4, 0.5) is 0 Å². The molecule has 4 heteroatoms. The number of hydrogen-bond donors (Lipinski definition) is 3. The first-order valence-corrected chi connectivity index (χ1v) is 12.2. The summed E-state index contributed by atoms with van der Waals surface area (Å²) in [6, 6.07) is 2.19. The lowest BCUT2D eigenvalue weighted by molar-refractivity contribution is 0.0862. The van der Waals surface area contributed by atoms with E-state index in [-0.39, 0.29) is 5.41 Å². The molecule has 3 saturated carbocycles. The average Bonchev–Trinajstić information content (AvgIpc) is 3.10. The zero-order valence-electron chi connectivity index (χ0n) is 20.2. The first-order chi connectivity index (χ1) is 15.0. The van der Waals surface area contributed by atoms with Crippen molar-refractivity contribution in [2.24, 2.45) is 28.6 Å². The summed E-state index contributed by atoms with van der Waals surface area (Å²) in [4.78, 5) is 0. The molecule has 0 aromatic heterocycles. The molecular weight excluding hydrogens is 398 g/mol. The fourth-order valence-corrected chi connectivity index (χ4v) is 6.33. The molecule has 3 fully saturated rings. The molecule has 32 heavy (non-hydrogen) atoms. The smallest absolute Gasteiger partial charge is 0.0901 e. The van der Waals surface area contributed by atoms with E-state index >= 15 is 0 Å². The average molecular weight is 440 g/mol. The predicted molar refractivity (Wildman–Crippen MR) is 128 cm³/mol. The Kier molecular flexibility index (Phi) is 7.55. The van der Waals surface area contributed by atoms with Gasteiger partial charge in [0.1, 0.15) is 0 Å². The quantitative estimate of drug-likeness (QED) is 0.512. The molecular formula is C28H41NO3. The van der Waals surface area contributed by atoms with Crippen LogP contribution in [0.1, 0.15) is 72.6 Å². The van der Waals surface area contributed by atoms with E-state index in [0.29, 0.717) is 30.6 Å². The van der Waals surface area contributed by atoms with Crippen LogP contribution in [0.2, 0.25) is 0 Å². The number of aliphatic hydroxyl groups excluding tert-OH is 3. The van der Waals surface area contributed by atoms with Crippen molar-refractivity contribution < 1.29 is 15.3 Å². The van der Waals surface area contributed by atoms with Crippen LogP contribution in [0, 0.1) is 39.9 Å². The zero-order chi connectivity index (χ0) is 23.7. The third kappa shape index (κ3) is 4.96. The lowest BCUT2D eigenvalue weighted by Gasteiger charge is -2.44. The highest BCUT2D eigenvalue weighted by Crippen LogP contribution is 2.59. The van der Waals surface area contributed by atoms with Gasteiger partial charge in [0, 0.05) is 6.42 Å². The molecule has 0 heterocycles. The van der Waals surface area contributed by atoms with Gasteiger partial charge in [-0.15, -0.1) is 0 Å². The Morgan fingerprint density at radius 2 is 1.94 bits per heavy atom. The lowest BCUT2D eigenvalue weighted by atomic mass is 9.61. The minimum atomic E-state index is -0.781. The van der Waals surface area contributed by atoms with Gasteiger partial charge in [-0.25, -0.2) is 0 Å². The molecule has 3 aliphatic rings. The highest BCUT2D eigenvalue weighted by molar-refractivity contribution is 5.38. The maximum atomic E-state index is 10.4. The second-order valence-electron chi connectivity index (χ2n) is 11.2. The Balaban J connectivity index is 1.76. The van der Waals surface area contributed by atoms with Crippen LogP contribution in [0.3, 0.4) is 0 Å². The van der Waals surface area contributed by atoms with Crippen molar-refractivity contribution in [2.75, 3.05) is 0 Å². The van der Waals surface area contributed by atoms with E-state index in [2.05, 4.69) is 44.7 Å². The number of aliphatic hydroxyl groups is 3. The molecule has 7 atom stereocenters. The lowest BCUT2D eigenvalue weighted by Crippen LogP contribution is -2.35. The molecule has 176 valence electrons. The molecule has 0 unspecified atom stereocenters. The fraction of sp³-hybridized carbons (Fsp3) is 0.679. The van der Waals surface area contributed by atoms with E-state index in [0.717, 1.165) is 17.6 Å². The van der Waals surface area contributed by atoms with Crippen molar-refractivity contribution in [2.45, 2.75) is 91.0 Å². The topological polar surface area (TPSA) is 84.5 Å². The third-order valence-corrected chi connectivity index (χ3v) is 8.56. The standard InChI is InChI=1S/C28H41NO3/c1-18(8-13-26(32)27(3,4)17-29)23-11-12-24-20(7-6-14-28(23,24)5)9-10-21-15-22(30)16-25(31)19(21)2/h8-10,13,18,22-26,30-32H,2,6-7,11-12,14-16H2,1,3-5H3/b13-8+,20-9+,21-10-/t18-,22-,23-,24+,25+,26-,28-/m1/s1. The summed E-state index contributed by atoms with van der Waals surface area (Å²) in [6.07, 6.45) is 13.1. The van der Waals surface area contributed by atoms with Gasteiger partial charge in [0.2, 0.25) is 0 Å². The maximum Gasteiger partial charge on any atom is 0.0901 e. The van der Waals surface area contributed by atoms with Crippen molar-refractivity contribution in [1.82, 2.24) is 0 Å². The second-order valence-corrected chi connectivity index (χ2v) is 11.2. The summed E-state index contributed by atoms with van der Waals surface area (Å²) in [5.41, 5.74) is 2.64. The molecule has 0 aromatic carbocycles. The molecule has 0 saturated heterocycles. The van der Waals surface area contributed by atoms with Crippen molar-refractivity contribution >= 4 is 0 Å². The Morgan fingerprint density at radius 3 is 2.62 bits per heavy atom. The number of fused-ring (bicyclic) bond motifs is 1. The molecule has 3 rings (SSSR count). The van der Waals surface area contributed by atoms with Gasteiger partial charge < -0.3 is 15.3 Å². The minimum absolute atomic E-state index is 0.227. The van der Waals surface area contributed by atoms with Gasteiger partial charge >= 0.3 is 0 Å². The van der Waals surface area contributed by atoms with E-state index < -0.39 is 23.7 Å². The number of rotatable bonds is 5. The van der Waals surface area contributed by atoms with Crippen LogP contribution in [0.25, 0.3) is 0 Å². The van der Waals surface area contributed by atoms with Crippen LogP contribution in [0.15, 0.2) is 47.6 Å². The highest BCUT2D eigenvalue weighted by atomic mass is 16.3. The first-order valence-electron chi connectivity index (χ1n) is 12.2. The number of nitrogens with zero attached hydrogens (tertiary/aromatic N) is 1. The van der Waals surface area contributed by atoms with Crippen molar-refractivity contribution in [3.8, 4) is 6.07 Å². The molecule has 0 aromatic rings. The van der Waals surface area contributed by atoms with Crippen LogP contribution in [-0.2, 0) is 0 Å². The minimum Gasteiger partial charge on any atom is -0.393 e. The van der Waals surface area contributed by atoms with E-state index in [1.807, 2.05) is 6.08 Å². The SMILES string of the molecule is C=C1/C(=C\C=C2/CCC[C@]3(C)[C@@H]([C@H](C)/C=C/[C@@H](O)C(C)(C)C#N)CC[C@@H]23)C[C@@H](O)C[C@@H]1O. The summed E-state index contributed by atoms with van der Waals surface area (Å²) in [5, 5.41) is 39.8. The van der Waals surface area contributed by atoms with Gasteiger partial charge in [0.05, 0.1) is 29.8 Å². The van der Waals surface area contributed by atoms with E-state index in [4.69, 9.17) is 0 Å². The Labute approximate surface area is 194 Å². The fourth-order valence-electron chi connectivity index (χ4n) is 6.33. The monoisotopic (exact) mass is 439 g/mol. The van der Waals surface area contributed by atoms with Gasteiger partial charge in [-0.05, 0) is 86.7 Å². The van der Waals surface area contributed by atoms with Crippen molar-refractivity contribution in [1.29, 1.82) is 5.26 Å². The largest absolute Gasteiger partial charge is 0.393 e. The number of allylic oxidation sites excluding steroid dienone is 4. The van der Waals surface area contributed by atoms with E-state index in [1.54, 1.807) is 13.8 Å². The normalized spacial score (nSPS) is 38.1. The molecule has 0 aliphatic heterocycles. The molecule has 0 amide bonds. The molecule has 0 spiro atoms. The molecule has 0 radical (unpaired) electrons. The molecule has 3 N–H and O–H groups in total.